The van der Waals surface area contributed by atoms with Crippen molar-refractivity contribution in [3.05, 3.63) is 65.1 Å². The highest BCUT2D eigenvalue weighted by molar-refractivity contribution is 7.89. The molecule has 0 bridgehead atoms. The van der Waals surface area contributed by atoms with Gasteiger partial charge in [0.1, 0.15) is 5.82 Å². The van der Waals surface area contributed by atoms with Gasteiger partial charge in [0.15, 0.2) is 0 Å². The van der Waals surface area contributed by atoms with Crippen LogP contribution < -0.4 is 4.72 Å². The van der Waals surface area contributed by atoms with E-state index in [2.05, 4.69) is 9.71 Å². The van der Waals surface area contributed by atoms with E-state index in [0.717, 1.165) is 28.2 Å². The van der Waals surface area contributed by atoms with Crippen molar-refractivity contribution in [2.24, 2.45) is 0 Å². The third kappa shape index (κ3) is 3.00. The zero-order chi connectivity index (χ0) is 16.6. The summed E-state index contributed by atoms with van der Waals surface area (Å²) < 4.78 is 40.7. The number of hydrogen-bond acceptors (Lipinski definition) is 2. The maximum absolute atomic E-state index is 13.2. The predicted molar refractivity (Wildman–Crippen MR) is 88.2 cm³/mol. The van der Waals surface area contributed by atoms with E-state index >= 15 is 0 Å². The number of halogens is 1. The highest BCUT2D eigenvalue weighted by atomic mass is 32.2. The van der Waals surface area contributed by atoms with Crippen LogP contribution in [0.15, 0.2) is 47.4 Å². The first-order valence-electron chi connectivity index (χ1n) is 7.20. The Balaban J connectivity index is 1.91. The van der Waals surface area contributed by atoms with Crippen molar-refractivity contribution in [2.75, 3.05) is 0 Å². The average Bonchev–Trinajstić information content (AvgIpc) is 2.80. The standard InChI is InChI=1S/C17H17FN2O2S/c1-11-9-13(18)7-8-17(11)23(21,22)19-10-15-12(2)20-16-6-4-3-5-14(15)16/h3-9,19-20H,10H2,1-2H3. The van der Waals surface area contributed by atoms with E-state index in [9.17, 15) is 12.8 Å². The maximum atomic E-state index is 13.2. The van der Waals surface area contributed by atoms with E-state index in [1.807, 2.05) is 31.2 Å². The van der Waals surface area contributed by atoms with Crippen molar-refractivity contribution >= 4 is 20.9 Å². The molecule has 0 aliphatic rings. The molecule has 0 spiro atoms. The van der Waals surface area contributed by atoms with Crippen molar-refractivity contribution in [3.63, 3.8) is 0 Å². The van der Waals surface area contributed by atoms with Gasteiger partial charge in [-0.1, -0.05) is 18.2 Å². The summed E-state index contributed by atoms with van der Waals surface area (Å²) in [6.07, 6.45) is 0. The molecule has 0 saturated carbocycles. The maximum Gasteiger partial charge on any atom is 0.241 e. The monoisotopic (exact) mass is 332 g/mol. The largest absolute Gasteiger partial charge is 0.358 e. The Morgan fingerprint density at radius 3 is 2.61 bits per heavy atom. The summed E-state index contributed by atoms with van der Waals surface area (Å²) in [5, 5.41) is 0.989. The average molecular weight is 332 g/mol. The molecule has 0 unspecified atom stereocenters. The number of para-hydroxylation sites is 1. The Bertz CT molecular complexity index is 977. The molecule has 0 saturated heterocycles. The third-order valence-electron chi connectivity index (χ3n) is 3.89. The molecule has 3 aromatic rings. The normalized spacial score (nSPS) is 12.0. The minimum absolute atomic E-state index is 0.0939. The van der Waals surface area contributed by atoms with Crippen LogP contribution in [0.25, 0.3) is 10.9 Å². The number of fused-ring (bicyclic) bond motifs is 1. The first-order chi connectivity index (χ1) is 10.9. The van der Waals surface area contributed by atoms with E-state index < -0.39 is 15.8 Å². The van der Waals surface area contributed by atoms with Crippen LogP contribution in [0.4, 0.5) is 4.39 Å². The number of benzene rings is 2. The van der Waals surface area contributed by atoms with Crippen LogP contribution in [-0.2, 0) is 16.6 Å². The fraction of sp³-hybridized carbons (Fsp3) is 0.176. The van der Waals surface area contributed by atoms with Crippen molar-refractivity contribution in [1.29, 1.82) is 0 Å². The molecule has 0 radical (unpaired) electrons. The lowest BCUT2D eigenvalue weighted by Gasteiger charge is -2.09. The minimum atomic E-state index is -3.70. The lowest BCUT2D eigenvalue weighted by Crippen LogP contribution is -2.24. The molecule has 0 aliphatic carbocycles. The van der Waals surface area contributed by atoms with Crippen LogP contribution in [-0.4, -0.2) is 13.4 Å². The number of nitrogens with one attached hydrogen (secondary N) is 2. The molecule has 120 valence electrons. The van der Waals surface area contributed by atoms with E-state index in [1.54, 1.807) is 6.92 Å². The van der Waals surface area contributed by atoms with Crippen LogP contribution in [0.1, 0.15) is 16.8 Å². The quantitative estimate of drug-likeness (QED) is 0.769. The van der Waals surface area contributed by atoms with Gasteiger partial charge in [-0.2, -0.15) is 0 Å². The molecular weight excluding hydrogens is 315 g/mol. The summed E-state index contributed by atoms with van der Waals surface area (Å²) in [4.78, 5) is 3.33. The Labute approximate surface area is 134 Å². The predicted octanol–water partition coefficient (Wildman–Crippen LogP) is 3.40. The number of rotatable bonds is 4. The Hall–Kier alpha value is -2.18. The Morgan fingerprint density at radius 2 is 1.87 bits per heavy atom. The van der Waals surface area contributed by atoms with Crippen LogP contribution in [0.5, 0.6) is 0 Å². The molecule has 0 amide bonds. The van der Waals surface area contributed by atoms with E-state index in [4.69, 9.17) is 0 Å². The summed E-state index contributed by atoms with van der Waals surface area (Å²) in [7, 11) is -3.70. The van der Waals surface area contributed by atoms with E-state index in [1.165, 1.54) is 12.1 Å². The molecule has 0 atom stereocenters. The first-order valence-corrected chi connectivity index (χ1v) is 8.69. The van der Waals surface area contributed by atoms with E-state index in [0.29, 0.717) is 5.56 Å². The number of aromatic nitrogens is 1. The molecule has 1 heterocycles. The fourth-order valence-electron chi connectivity index (χ4n) is 2.72. The molecule has 2 N–H and O–H groups in total. The zero-order valence-corrected chi connectivity index (χ0v) is 13.7. The number of H-pyrrole nitrogens is 1. The van der Waals surface area contributed by atoms with Gasteiger partial charge in [-0.05, 0) is 49.2 Å². The number of aromatic amines is 1. The van der Waals surface area contributed by atoms with Gasteiger partial charge in [0.25, 0.3) is 0 Å². The van der Waals surface area contributed by atoms with Crippen molar-refractivity contribution in [2.45, 2.75) is 25.3 Å². The summed E-state index contributed by atoms with van der Waals surface area (Å²) in [5.74, 6) is -0.450. The molecular formula is C17H17FN2O2S. The first kappa shape index (κ1) is 15.7. The van der Waals surface area contributed by atoms with Crippen LogP contribution in [0, 0.1) is 19.7 Å². The highest BCUT2D eigenvalue weighted by Crippen LogP contribution is 2.23. The van der Waals surface area contributed by atoms with Gasteiger partial charge < -0.3 is 4.98 Å². The van der Waals surface area contributed by atoms with Crippen molar-refractivity contribution < 1.29 is 12.8 Å². The lowest BCUT2D eigenvalue weighted by molar-refractivity contribution is 0.579. The SMILES string of the molecule is Cc1cc(F)ccc1S(=O)(=O)NCc1c(C)[nH]c2ccccc12. The topological polar surface area (TPSA) is 62.0 Å². The third-order valence-corrected chi connectivity index (χ3v) is 5.45. The van der Waals surface area contributed by atoms with Gasteiger partial charge in [0.05, 0.1) is 4.90 Å². The van der Waals surface area contributed by atoms with Gasteiger partial charge in [0.2, 0.25) is 10.0 Å². The summed E-state index contributed by atoms with van der Waals surface area (Å²) >= 11 is 0. The molecule has 23 heavy (non-hydrogen) atoms. The fourth-order valence-corrected chi connectivity index (χ4v) is 3.94. The van der Waals surface area contributed by atoms with Crippen molar-refractivity contribution in [3.8, 4) is 0 Å². The van der Waals surface area contributed by atoms with Crippen LogP contribution in [0.3, 0.4) is 0 Å². The molecule has 3 rings (SSSR count). The summed E-state index contributed by atoms with van der Waals surface area (Å²) in [6.45, 7) is 3.66. The Morgan fingerprint density at radius 1 is 1.13 bits per heavy atom. The number of hydrogen-bond donors (Lipinski definition) is 2. The second-order valence-corrected chi connectivity index (χ2v) is 7.24. The summed E-state index contributed by atoms with van der Waals surface area (Å²) in [5.41, 5.74) is 3.18. The van der Waals surface area contributed by atoms with Crippen LogP contribution in [0.2, 0.25) is 0 Å². The Kier molecular flexibility index (Phi) is 3.95. The zero-order valence-electron chi connectivity index (χ0n) is 12.9. The van der Waals surface area contributed by atoms with Gasteiger partial charge in [0, 0.05) is 23.1 Å². The number of sulfonamides is 1. The van der Waals surface area contributed by atoms with Crippen molar-refractivity contribution in [1.82, 2.24) is 9.71 Å². The van der Waals surface area contributed by atoms with Gasteiger partial charge in [-0.25, -0.2) is 17.5 Å². The molecule has 1 aromatic heterocycles. The molecule has 0 fully saturated rings. The molecule has 0 aliphatic heterocycles. The molecule has 6 heteroatoms. The highest BCUT2D eigenvalue weighted by Gasteiger charge is 2.18. The number of aryl methyl sites for hydroxylation is 2. The molecule has 2 aromatic carbocycles. The van der Waals surface area contributed by atoms with Gasteiger partial charge in [-0.15, -0.1) is 0 Å². The second-order valence-electron chi connectivity index (χ2n) is 5.51. The molecule has 4 nitrogen and oxygen atoms in total. The summed E-state index contributed by atoms with van der Waals surface area (Å²) in [6, 6.07) is 11.4. The van der Waals surface area contributed by atoms with Crippen LogP contribution >= 0.6 is 0 Å². The van der Waals surface area contributed by atoms with Gasteiger partial charge in [-0.3, -0.25) is 0 Å². The smallest absolute Gasteiger partial charge is 0.241 e. The lowest BCUT2D eigenvalue weighted by atomic mass is 10.1. The van der Waals surface area contributed by atoms with E-state index in [-0.39, 0.29) is 11.4 Å². The van der Waals surface area contributed by atoms with Gasteiger partial charge >= 0.3 is 0 Å². The minimum Gasteiger partial charge on any atom is -0.358 e. The second kappa shape index (κ2) is 5.79.